The zero-order valence-electron chi connectivity index (χ0n) is 8.89. The van der Waals surface area contributed by atoms with E-state index >= 15 is 0 Å². The molecule has 0 aliphatic heterocycles. The maximum absolute atomic E-state index is 3.49. The van der Waals surface area contributed by atoms with Crippen molar-refractivity contribution in [2.45, 2.75) is 13.8 Å². The van der Waals surface area contributed by atoms with Crippen molar-refractivity contribution in [2.75, 3.05) is 13.6 Å². The Labute approximate surface area is 94.3 Å². The van der Waals surface area contributed by atoms with E-state index in [9.17, 15) is 0 Å². The zero-order chi connectivity index (χ0) is 10.6. The van der Waals surface area contributed by atoms with Gasteiger partial charge in [0.2, 0.25) is 0 Å². The minimum absolute atomic E-state index is 0.912. The van der Waals surface area contributed by atoms with Crippen molar-refractivity contribution in [1.29, 1.82) is 0 Å². The van der Waals surface area contributed by atoms with Crippen LogP contribution in [0.15, 0.2) is 22.7 Å². The SMILES string of the molecule is CNCC=Cc1c(C)cc(Br)cc1C. The van der Waals surface area contributed by atoms with Crippen molar-refractivity contribution in [2.24, 2.45) is 0 Å². The summed E-state index contributed by atoms with van der Waals surface area (Å²) < 4.78 is 1.15. The number of benzene rings is 1. The van der Waals surface area contributed by atoms with Crippen molar-refractivity contribution >= 4 is 22.0 Å². The predicted octanol–water partition coefficient (Wildman–Crippen LogP) is 3.30. The maximum atomic E-state index is 3.49. The van der Waals surface area contributed by atoms with Gasteiger partial charge in [-0.05, 0) is 49.7 Å². The van der Waals surface area contributed by atoms with Crippen LogP contribution in [-0.2, 0) is 0 Å². The third-order valence-electron chi connectivity index (χ3n) is 2.16. The lowest BCUT2D eigenvalue weighted by molar-refractivity contribution is 0.922. The second-order valence-electron chi connectivity index (χ2n) is 3.41. The number of nitrogens with one attached hydrogen (secondary N) is 1. The molecule has 1 N–H and O–H groups in total. The summed E-state index contributed by atoms with van der Waals surface area (Å²) in [5.74, 6) is 0. The first-order chi connectivity index (χ1) is 6.65. The molecule has 14 heavy (non-hydrogen) atoms. The minimum Gasteiger partial charge on any atom is -0.316 e. The standard InChI is InChI=1S/C12H16BrN/c1-9-7-11(13)8-10(2)12(9)5-4-6-14-3/h4-5,7-8,14H,6H2,1-3H3. The fourth-order valence-electron chi connectivity index (χ4n) is 1.48. The lowest BCUT2D eigenvalue weighted by Crippen LogP contribution is -2.03. The van der Waals surface area contributed by atoms with Gasteiger partial charge in [-0.3, -0.25) is 0 Å². The molecule has 0 aliphatic rings. The van der Waals surface area contributed by atoms with E-state index in [1.165, 1.54) is 16.7 Å². The molecule has 0 aromatic heterocycles. The second-order valence-corrected chi connectivity index (χ2v) is 4.33. The Kier molecular flexibility index (Phi) is 4.36. The van der Waals surface area contributed by atoms with Gasteiger partial charge in [-0.15, -0.1) is 0 Å². The van der Waals surface area contributed by atoms with Gasteiger partial charge < -0.3 is 5.32 Å². The van der Waals surface area contributed by atoms with Gasteiger partial charge in [0.1, 0.15) is 0 Å². The first-order valence-electron chi connectivity index (χ1n) is 4.73. The summed E-state index contributed by atoms with van der Waals surface area (Å²) in [6.45, 7) is 5.18. The molecule has 0 aliphatic carbocycles. The summed E-state index contributed by atoms with van der Waals surface area (Å²) in [6.07, 6.45) is 4.32. The summed E-state index contributed by atoms with van der Waals surface area (Å²) in [6, 6.07) is 4.29. The highest BCUT2D eigenvalue weighted by Crippen LogP contribution is 2.21. The largest absolute Gasteiger partial charge is 0.316 e. The van der Waals surface area contributed by atoms with Gasteiger partial charge in [0, 0.05) is 11.0 Å². The summed E-state index contributed by atoms with van der Waals surface area (Å²) in [4.78, 5) is 0. The third-order valence-corrected chi connectivity index (χ3v) is 2.62. The fourth-order valence-corrected chi connectivity index (χ4v) is 2.17. The van der Waals surface area contributed by atoms with E-state index in [0.29, 0.717) is 0 Å². The van der Waals surface area contributed by atoms with Crippen LogP contribution in [0, 0.1) is 13.8 Å². The molecule has 0 saturated heterocycles. The number of likely N-dealkylation sites (N-methyl/N-ethyl adjacent to an activating group) is 1. The molecular formula is C12H16BrN. The van der Waals surface area contributed by atoms with E-state index in [0.717, 1.165) is 11.0 Å². The fraction of sp³-hybridized carbons (Fsp3) is 0.333. The molecule has 1 aromatic rings. The van der Waals surface area contributed by atoms with Gasteiger partial charge in [0.25, 0.3) is 0 Å². The average Bonchev–Trinajstić information content (AvgIpc) is 2.09. The highest BCUT2D eigenvalue weighted by atomic mass is 79.9. The number of aryl methyl sites for hydroxylation is 2. The molecule has 0 unspecified atom stereocenters. The van der Waals surface area contributed by atoms with Crippen LogP contribution in [-0.4, -0.2) is 13.6 Å². The van der Waals surface area contributed by atoms with Gasteiger partial charge in [0.05, 0.1) is 0 Å². The Morgan fingerprint density at radius 2 is 1.86 bits per heavy atom. The van der Waals surface area contributed by atoms with Crippen molar-refractivity contribution < 1.29 is 0 Å². The van der Waals surface area contributed by atoms with Gasteiger partial charge >= 0.3 is 0 Å². The van der Waals surface area contributed by atoms with Crippen molar-refractivity contribution in [3.8, 4) is 0 Å². The summed E-state index contributed by atoms with van der Waals surface area (Å²) in [5.41, 5.74) is 3.94. The molecule has 1 aromatic carbocycles. The van der Waals surface area contributed by atoms with Gasteiger partial charge in [-0.1, -0.05) is 28.1 Å². The molecule has 2 heteroatoms. The molecule has 0 heterocycles. The third kappa shape index (κ3) is 2.96. The Morgan fingerprint density at radius 3 is 2.36 bits per heavy atom. The molecule has 1 nitrogen and oxygen atoms in total. The molecule has 0 saturated carbocycles. The van der Waals surface area contributed by atoms with Crippen molar-refractivity contribution in [3.63, 3.8) is 0 Å². The smallest absolute Gasteiger partial charge is 0.0180 e. The van der Waals surface area contributed by atoms with E-state index in [1.807, 2.05) is 7.05 Å². The average molecular weight is 254 g/mol. The molecule has 0 bridgehead atoms. The highest BCUT2D eigenvalue weighted by Gasteiger charge is 1.99. The van der Waals surface area contributed by atoms with Crippen LogP contribution in [0.3, 0.4) is 0 Å². The van der Waals surface area contributed by atoms with Crippen molar-refractivity contribution in [1.82, 2.24) is 5.32 Å². The Bertz CT molecular complexity index is 319. The van der Waals surface area contributed by atoms with E-state index in [2.05, 4.69) is 59.4 Å². The van der Waals surface area contributed by atoms with Crippen LogP contribution >= 0.6 is 15.9 Å². The first kappa shape index (κ1) is 11.5. The second kappa shape index (κ2) is 5.32. The van der Waals surface area contributed by atoms with Crippen LogP contribution in [0.5, 0.6) is 0 Å². The molecule has 0 radical (unpaired) electrons. The zero-order valence-corrected chi connectivity index (χ0v) is 10.5. The van der Waals surface area contributed by atoms with Crippen LogP contribution in [0.1, 0.15) is 16.7 Å². The van der Waals surface area contributed by atoms with E-state index in [4.69, 9.17) is 0 Å². The Balaban J connectivity index is 2.96. The van der Waals surface area contributed by atoms with E-state index in [1.54, 1.807) is 0 Å². The van der Waals surface area contributed by atoms with Crippen LogP contribution in [0.25, 0.3) is 6.08 Å². The lowest BCUT2D eigenvalue weighted by atomic mass is 10.0. The maximum Gasteiger partial charge on any atom is 0.0180 e. The van der Waals surface area contributed by atoms with Crippen LogP contribution in [0.4, 0.5) is 0 Å². The lowest BCUT2D eigenvalue weighted by Gasteiger charge is -2.06. The summed E-state index contributed by atoms with van der Waals surface area (Å²) in [7, 11) is 1.95. The van der Waals surface area contributed by atoms with E-state index < -0.39 is 0 Å². The molecule has 0 spiro atoms. The number of hydrogen-bond donors (Lipinski definition) is 1. The monoisotopic (exact) mass is 253 g/mol. The molecule has 0 fully saturated rings. The molecule has 0 amide bonds. The van der Waals surface area contributed by atoms with Crippen LogP contribution < -0.4 is 5.32 Å². The molecular weight excluding hydrogens is 238 g/mol. The minimum atomic E-state index is 0.912. The summed E-state index contributed by atoms with van der Waals surface area (Å²) >= 11 is 3.49. The van der Waals surface area contributed by atoms with Gasteiger partial charge in [-0.2, -0.15) is 0 Å². The molecule has 0 atom stereocenters. The normalized spacial score (nSPS) is 11.1. The quantitative estimate of drug-likeness (QED) is 0.872. The Hall–Kier alpha value is -0.600. The predicted molar refractivity (Wildman–Crippen MR) is 66.6 cm³/mol. The van der Waals surface area contributed by atoms with Gasteiger partial charge in [-0.25, -0.2) is 0 Å². The highest BCUT2D eigenvalue weighted by molar-refractivity contribution is 9.10. The van der Waals surface area contributed by atoms with Crippen molar-refractivity contribution in [3.05, 3.63) is 39.4 Å². The number of hydrogen-bond acceptors (Lipinski definition) is 1. The number of halogens is 1. The van der Waals surface area contributed by atoms with E-state index in [-0.39, 0.29) is 0 Å². The molecule has 1 rings (SSSR count). The summed E-state index contributed by atoms with van der Waals surface area (Å²) in [5, 5.41) is 3.09. The van der Waals surface area contributed by atoms with Crippen LogP contribution in [0.2, 0.25) is 0 Å². The Morgan fingerprint density at radius 1 is 1.29 bits per heavy atom. The first-order valence-corrected chi connectivity index (χ1v) is 5.52. The van der Waals surface area contributed by atoms with Gasteiger partial charge in [0.15, 0.2) is 0 Å². The number of rotatable bonds is 3. The topological polar surface area (TPSA) is 12.0 Å². The molecule has 76 valence electrons.